The summed E-state index contributed by atoms with van der Waals surface area (Å²) in [7, 11) is -0.535. The van der Waals surface area contributed by atoms with Gasteiger partial charge < -0.3 is 5.73 Å². The monoisotopic (exact) mass is 268 g/mol. The van der Waals surface area contributed by atoms with Crippen LogP contribution in [-0.4, -0.2) is 35.7 Å². The van der Waals surface area contributed by atoms with Crippen LogP contribution in [0.15, 0.2) is 23.1 Å². The molecule has 2 rings (SSSR count). The van der Waals surface area contributed by atoms with Gasteiger partial charge in [0.15, 0.2) is 5.82 Å². The van der Waals surface area contributed by atoms with Crippen molar-refractivity contribution in [3.63, 3.8) is 0 Å². The lowest BCUT2D eigenvalue weighted by atomic mass is 10.2. The Kier molecular flexibility index (Phi) is 3.01. The highest BCUT2D eigenvalue weighted by atomic mass is 32.2. The number of rotatable bonds is 3. The van der Waals surface area contributed by atoms with Crippen molar-refractivity contribution in [1.29, 1.82) is 0 Å². The molecule has 3 N–H and O–H groups in total. The Labute approximate surface area is 104 Å². The molecule has 0 aliphatic rings. The smallest absolute Gasteiger partial charge is 0.240 e. The van der Waals surface area contributed by atoms with Crippen LogP contribution in [0.2, 0.25) is 0 Å². The number of aryl methyl sites for hydroxylation is 1. The zero-order valence-corrected chi connectivity index (χ0v) is 10.6. The Balaban J connectivity index is 2.63. The standard InChI is InChI=1S/C9H12N6O2S/c1-11-18(16,17)6-3-4-8(10)7(5-6)9-12-13-14-15(9)2/h3-5,11H,10H2,1-2H3. The third-order valence-electron chi connectivity index (χ3n) is 2.46. The van der Waals surface area contributed by atoms with E-state index in [0.29, 0.717) is 17.1 Å². The van der Waals surface area contributed by atoms with Crippen molar-refractivity contribution in [3.05, 3.63) is 18.2 Å². The predicted molar refractivity (Wildman–Crippen MR) is 64.9 cm³/mol. The van der Waals surface area contributed by atoms with E-state index in [4.69, 9.17) is 5.73 Å². The molecule has 1 aromatic heterocycles. The van der Waals surface area contributed by atoms with Crippen LogP contribution in [0.4, 0.5) is 5.69 Å². The quantitative estimate of drug-likeness (QED) is 0.716. The van der Waals surface area contributed by atoms with E-state index < -0.39 is 10.0 Å². The largest absolute Gasteiger partial charge is 0.398 e. The molecule has 1 heterocycles. The molecule has 0 spiro atoms. The maximum atomic E-state index is 11.7. The summed E-state index contributed by atoms with van der Waals surface area (Å²) >= 11 is 0. The Morgan fingerprint density at radius 3 is 2.67 bits per heavy atom. The fourth-order valence-electron chi connectivity index (χ4n) is 1.47. The second-order valence-electron chi connectivity index (χ2n) is 3.58. The van der Waals surface area contributed by atoms with Gasteiger partial charge in [-0.05, 0) is 35.7 Å². The molecule has 1 aromatic carbocycles. The summed E-state index contributed by atoms with van der Waals surface area (Å²) in [6.07, 6.45) is 0. The van der Waals surface area contributed by atoms with E-state index in [-0.39, 0.29) is 4.90 Å². The van der Waals surface area contributed by atoms with Gasteiger partial charge >= 0.3 is 0 Å². The van der Waals surface area contributed by atoms with Crippen molar-refractivity contribution in [1.82, 2.24) is 24.9 Å². The second-order valence-corrected chi connectivity index (χ2v) is 5.47. The Morgan fingerprint density at radius 1 is 1.39 bits per heavy atom. The summed E-state index contributed by atoms with van der Waals surface area (Å²) in [5.74, 6) is 0.403. The number of anilines is 1. The number of nitrogens with zero attached hydrogens (tertiary/aromatic N) is 4. The minimum Gasteiger partial charge on any atom is -0.398 e. The third-order valence-corrected chi connectivity index (χ3v) is 3.88. The number of nitrogen functional groups attached to an aromatic ring is 1. The minimum absolute atomic E-state index is 0.109. The van der Waals surface area contributed by atoms with Crippen molar-refractivity contribution in [2.24, 2.45) is 7.05 Å². The molecule has 0 saturated carbocycles. The number of hydrogen-bond acceptors (Lipinski definition) is 6. The average Bonchev–Trinajstić information content (AvgIpc) is 2.76. The minimum atomic E-state index is -3.52. The number of benzene rings is 1. The van der Waals surface area contributed by atoms with E-state index in [1.165, 1.54) is 29.9 Å². The summed E-state index contributed by atoms with van der Waals surface area (Å²) in [6.45, 7) is 0. The lowest BCUT2D eigenvalue weighted by Crippen LogP contribution is -2.18. The van der Waals surface area contributed by atoms with E-state index >= 15 is 0 Å². The van der Waals surface area contributed by atoms with Gasteiger partial charge in [0.1, 0.15) is 0 Å². The number of tetrazole rings is 1. The Bertz CT molecular complexity index is 678. The first-order valence-electron chi connectivity index (χ1n) is 5.01. The number of hydrogen-bond donors (Lipinski definition) is 2. The molecule has 18 heavy (non-hydrogen) atoms. The number of aromatic nitrogens is 4. The number of nitrogens with two attached hydrogens (primary N) is 1. The van der Waals surface area contributed by atoms with Gasteiger partial charge in [-0.3, -0.25) is 0 Å². The van der Waals surface area contributed by atoms with Crippen molar-refractivity contribution < 1.29 is 8.42 Å². The van der Waals surface area contributed by atoms with E-state index in [1.54, 1.807) is 7.05 Å². The molecule has 0 amide bonds. The van der Waals surface area contributed by atoms with Crippen LogP contribution in [0.5, 0.6) is 0 Å². The molecule has 0 bridgehead atoms. The fourth-order valence-corrected chi connectivity index (χ4v) is 2.23. The van der Waals surface area contributed by atoms with E-state index in [2.05, 4.69) is 20.2 Å². The van der Waals surface area contributed by atoms with Crippen LogP contribution >= 0.6 is 0 Å². The number of nitrogens with one attached hydrogen (secondary N) is 1. The molecule has 0 aliphatic carbocycles. The second kappa shape index (κ2) is 4.35. The average molecular weight is 268 g/mol. The fraction of sp³-hybridized carbons (Fsp3) is 0.222. The van der Waals surface area contributed by atoms with Crippen molar-refractivity contribution in [2.75, 3.05) is 12.8 Å². The van der Waals surface area contributed by atoms with Gasteiger partial charge in [-0.1, -0.05) is 0 Å². The summed E-state index contributed by atoms with van der Waals surface area (Å²) in [5, 5.41) is 11.0. The lowest BCUT2D eigenvalue weighted by Gasteiger charge is -2.07. The first kappa shape index (κ1) is 12.5. The molecule has 96 valence electrons. The molecule has 0 saturated heterocycles. The van der Waals surface area contributed by atoms with E-state index in [0.717, 1.165) is 0 Å². The zero-order chi connectivity index (χ0) is 13.3. The van der Waals surface area contributed by atoms with Crippen LogP contribution in [0.25, 0.3) is 11.4 Å². The van der Waals surface area contributed by atoms with Crippen LogP contribution in [0.1, 0.15) is 0 Å². The maximum absolute atomic E-state index is 11.7. The first-order valence-corrected chi connectivity index (χ1v) is 6.50. The SMILES string of the molecule is CNS(=O)(=O)c1ccc(N)c(-c2nnnn2C)c1. The topological polar surface area (TPSA) is 116 Å². The van der Waals surface area contributed by atoms with E-state index in [1.807, 2.05) is 0 Å². The zero-order valence-electron chi connectivity index (χ0n) is 9.82. The molecular formula is C9H12N6O2S. The summed E-state index contributed by atoms with van der Waals surface area (Å²) in [4.78, 5) is 0.109. The van der Waals surface area contributed by atoms with Gasteiger partial charge in [0.2, 0.25) is 10.0 Å². The molecule has 2 aromatic rings. The molecule has 0 fully saturated rings. The van der Waals surface area contributed by atoms with Gasteiger partial charge in [-0.2, -0.15) is 0 Å². The molecule has 0 aliphatic heterocycles. The van der Waals surface area contributed by atoms with Crippen molar-refractivity contribution in [2.45, 2.75) is 4.90 Å². The highest BCUT2D eigenvalue weighted by Crippen LogP contribution is 2.25. The van der Waals surface area contributed by atoms with Gasteiger partial charge in [-0.25, -0.2) is 17.8 Å². The van der Waals surface area contributed by atoms with E-state index in [9.17, 15) is 8.42 Å². The van der Waals surface area contributed by atoms with Gasteiger partial charge in [0.25, 0.3) is 0 Å². The highest BCUT2D eigenvalue weighted by Gasteiger charge is 2.16. The van der Waals surface area contributed by atoms with Gasteiger partial charge in [0.05, 0.1) is 4.90 Å². The molecule has 8 nitrogen and oxygen atoms in total. The predicted octanol–water partition coefficient (Wildman–Crippen LogP) is -0.633. The van der Waals surface area contributed by atoms with Gasteiger partial charge in [0, 0.05) is 18.3 Å². The molecular weight excluding hydrogens is 256 g/mol. The first-order chi connectivity index (χ1) is 8.45. The van der Waals surface area contributed by atoms with Gasteiger partial charge in [-0.15, -0.1) is 5.10 Å². The molecule has 0 atom stereocenters. The highest BCUT2D eigenvalue weighted by molar-refractivity contribution is 7.89. The van der Waals surface area contributed by atoms with Crippen LogP contribution in [0.3, 0.4) is 0 Å². The summed E-state index contributed by atoms with van der Waals surface area (Å²) in [5.41, 5.74) is 6.69. The van der Waals surface area contributed by atoms with Crippen molar-refractivity contribution in [3.8, 4) is 11.4 Å². The normalized spacial score (nSPS) is 11.7. The van der Waals surface area contributed by atoms with Crippen LogP contribution in [-0.2, 0) is 17.1 Å². The Morgan fingerprint density at radius 2 is 2.11 bits per heavy atom. The maximum Gasteiger partial charge on any atom is 0.240 e. The molecule has 0 unspecified atom stereocenters. The lowest BCUT2D eigenvalue weighted by molar-refractivity contribution is 0.588. The van der Waals surface area contributed by atoms with Crippen LogP contribution < -0.4 is 10.5 Å². The van der Waals surface area contributed by atoms with Crippen molar-refractivity contribution >= 4 is 15.7 Å². The number of sulfonamides is 1. The van der Waals surface area contributed by atoms with Crippen LogP contribution in [0, 0.1) is 0 Å². The summed E-state index contributed by atoms with van der Waals surface area (Å²) < 4.78 is 27.1. The Hall–Kier alpha value is -2.00. The molecule has 9 heteroatoms. The third kappa shape index (κ3) is 2.05. The molecule has 0 radical (unpaired) electrons. The summed E-state index contributed by atoms with van der Waals surface area (Å²) in [6, 6.07) is 4.37.